The molecule has 0 atom stereocenters. The average Bonchev–Trinajstić information content (AvgIpc) is 2.77. The van der Waals surface area contributed by atoms with Gasteiger partial charge in [-0.2, -0.15) is 4.98 Å². The van der Waals surface area contributed by atoms with E-state index in [1.54, 1.807) is 38.6 Å². The van der Waals surface area contributed by atoms with Gasteiger partial charge in [-0.25, -0.2) is 4.98 Å². The predicted molar refractivity (Wildman–Crippen MR) is 121 cm³/mol. The van der Waals surface area contributed by atoms with Gasteiger partial charge in [0.05, 0.1) is 23.9 Å². The maximum Gasteiger partial charge on any atom is 0.251 e. The summed E-state index contributed by atoms with van der Waals surface area (Å²) in [4.78, 5) is 21.2. The second-order valence-corrected chi connectivity index (χ2v) is 8.01. The van der Waals surface area contributed by atoms with Crippen LogP contribution >= 0.6 is 15.9 Å². The van der Waals surface area contributed by atoms with Gasteiger partial charge in [0.15, 0.2) is 0 Å². The van der Waals surface area contributed by atoms with Crippen LogP contribution in [0.1, 0.15) is 42.5 Å². The van der Waals surface area contributed by atoms with Gasteiger partial charge in [-0.1, -0.05) is 19.3 Å². The topological polar surface area (TPSA) is 97.4 Å². The summed E-state index contributed by atoms with van der Waals surface area (Å²) in [6, 6.07) is 5.63. The summed E-state index contributed by atoms with van der Waals surface area (Å²) in [5.41, 5.74) is 1.18. The first-order valence-electron chi connectivity index (χ1n) is 10.1. The summed E-state index contributed by atoms with van der Waals surface area (Å²) in [5, 5.41) is 9.50. The summed E-state index contributed by atoms with van der Waals surface area (Å²) in [6.45, 7) is 0.905. The number of carbonyl (C=O) groups excluding carboxylic acids is 1. The lowest BCUT2D eigenvalue weighted by molar-refractivity contribution is 0.0937. The molecule has 1 amide bonds. The molecule has 1 aliphatic rings. The lowest BCUT2D eigenvalue weighted by Crippen LogP contribution is -2.26. The predicted octanol–water partition coefficient (Wildman–Crippen LogP) is 4.11. The summed E-state index contributed by atoms with van der Waals surface area (Å²) >= 11 is 3.53. The van der Waals surface area contributed by atoms with E-state index in [-0.39, 0.29) is 5.91 Å². The molecule has 2 aromatic rings. The van der Waals surface area contributed by atoms with Crippen molar-refractivity contribution in [3.63, 3.8) is 0 Å². The number of hydrogen-bond donors (Lipinski definition) is 3. The smallest absolute Gasteiger partial charge is 0.251 e. The monoisotopic (exact) mass is 477 g/mol. The van der Waals surface area contributed by atoms with Crippen LogP contribution in [0.3, 0.4) is 0 Å². The third-order valence-corrected chi connectivity index (χ3v) is 5.57. The molecule has 0 saturated heterocycles. The fourth-order valence-corrected chi connectivity index (χ4v) is 3.70. The SMILES string of the molecule is COCCNC(=O)c1ccc(Nc2ncc(Br)c(NC3CCCCC3)n2)c(OC)c1. The first-order chi connectivity index (χ1) is 14.6. The van der Waals surface area contributed by atoms with E-state index in [2.05, 4.69) is 41.8 Å². The molecule has 1 heterocycles. The summed E-state index contributed by atoms with van der Waals surface area (Å²) < 4.78 is 11.2. The van der Waals surface area contributed by atoms with E-state index >= 15 is 0 Å². The summed E-state index contributed by atoms with van der Waals surface area (Å²) in [5.74, 6) is 1.57. The Morgan fingerprint density at radius 3 is 2.77 bits per heavy atom. The molecule has 0 spiro atoms. The third kappa shape index (κ3) is 6.06. The van der Waals surface area contributed by atoms with Crippen molar-refractivity contribution in [1.29, 1.82) is 0 Å². The molecule has 8 nitrogen and oxygen atoms in total. The highest BCUT2D eigenvalue weighted by Gasteiger charge is 2.16. The van der Waals surface area contributed by atoms with Crippen LogP contribution in [0.2, 0.25) is 0 Å². The molecule has 0 radical (unpaired) electrons. The van der Waals surface area contributed by atoms with E-state index in [4.69, 9.17) is 9.47 Å². The Morgan fingerprint density at radius 2 is 2.03 bits per heavy atom. The zero-order valence-electron chi connectivity index (χ0n) is 17.3. The highest BCUT2D eigenvalue weighted by Crippen LogP contribution is 2.30. The number of rotatable bonds is 9. The molecule has 3 N–H and O–H groups in total. The average molecular weight is 478 g/mol. The van der Waals surface area contributed by atoms with Gasteiger partial charge in [0.25, 0.3) is 5.91 Å². The van der Waals surface area contributed by atoms with Gasteiger partial charge in [0.2, 0.25) is 5.95 Å². The molecule has 3 rings (SSSR count). The van der Waals surface area contributed by atoms with Crippen LogP contribution < -0.4 is 20.7 Å². The van der Waals surface area contributed by atoms with Crippen molar-refractivity contribution < 1.29 is 14.3 Å². The minimum atomic E-state index is -0.184. The number of nitrogens with one attached hydrogen (secondary N) is 3. The Kier molecular flexibility index (Phi) is 8.27. The van der Waals surface area contributed by atoms with Crippen molar-refractivity contribution >= 4 is 39.3 Å². The van der Waals surface area contributed by atoms with Crippen molar-refractivity contribution in [1.82, 2.24) is 15.3 Å². The molecular formula is C21H28BrN5O3. The van der Waals surface area contributed by atoms with Crippen molar-refractivity contribution in [2.24, 2.45) is 0 Å². The third-order valence-electron chi connectivity index (χ3n) is 4.99. The second kappa shape index (κ2) is 11.1. The number of methoxy groups -OCH3 is 2. The van der Waals surface area contributed by atoms with Crippen LogP contribution in [0.15, 0.2) is 28.9 Å². The van der Waals surface area contributed by atoms with Crippen molar-refractivity contribution in [3.8, 4) is 5.75 Å². The number of halogens is 1. The first kappa shape index (κ1) is 22.3. The number of nitrogens with zero attached hydrogens (tertiary/aromatic N) is 2. The number of benzene rings is 1. The summed E-state index contributed by atoms with van der Waals surface area (Å²) in [7, 11) is 3.15. The number of amides is 1. The van der Waals surface area contributed by atoms with Gasteiger partial charge < -0.3 is 25.4 Å². The lowest BCUT2D eigenvalue weighted by atomic mass is 9.95. The van der Waals surface area contributed by atoms with Crippen molar-refractivity contribution in [2.45, 2.75) is 38.1 Å². The van der Waals surface area contributed by atoms with E-state index in [9.17, 15) is 4.79 Å². The molecule has 1 aromatic heterocycles. The van der Waals surface area contributed by atoms with E-state index in [0.29, 0.717) is 42.1 Å². The zero-order chi connectivity index (χ0) is 21.3. The molecule has 9 heteroatoms. The fourth-order valence-electron chi connectivity index (χ4n) is 3.39. The van der Waals surface area contributed by atoms with E-state index < -0.39 is 0 Å². The molecule has 1 fully saturated rings. The minimum Gasteiger partial charge on any atom is -0.495 e. The van der Waals surface area contributed by atoms with Crippen LogP contribution in [0.4, 0.5) is 17.5 Å². The van der Waals surface area contributed by atoms with E-state index in [1.165, 1.54) is 19.3 Å². The Labute approximate surface area is 185 Å². The van der Waals surface area contributed by atoms with E-state index in [0.717, 1.165) is 23.1 Å². The fraction of sp³-hybridized carbons (Fsp3) is 0.476. The Bertz CT molecular complexity index is 859. The van der Waals surface area contributed by atoms with Crippen LogP contribution in [-0.2, 0) is 4.74 Å². The number of ether oxygens (including phenoxy) is 2. The largest absolute Gasteiger partial charge is 0.495 e. The highest BCUT2D eigenvalue weighted by molar-refractivity contribution is 9.10. The molecular weight excluding hydrogens is 450 g/mol. The number of hydrogen-bond acceptors (Lipinski definition) is 7. The number of anilines is 3. The normalized spacial score (nSPS) is 14.2. The zero-order valence-corrected chi connectivity index (χ0v) is 18.9. The minimum absolute atomic E-state index is 0.184. The highest BCUT2D eigenvalue weighted by atomic mass is 79.9. The number of carbonyl (C=O) groups is 1. The molecule has 1 aromatic carbocycles. The quantitative estimate of drug-likeness (QED) is 0.467. The summed E-state index contributed by atoms with van der Waals surface area (Å²) in [6.07, 6.45) is 7.82. The van der Waals surface area contributed by atoms with Gasteiger partial charge in [0.1, 0.15) is 11.6 Å². The Balaban J connectivity index is 1.72. The van der Waals surface area contributed by atoms with Crippen LogP contribution in [0, 0.1) is 0 Å². The maximum absolute atomic E-state index is 12.2. The number of aromatic nitrogens is 2. The molecule has 30 heavy (non-hydrogen) atoms. The lowest BCUT2D eigenvalue weighted by Gasteiger charge is -2.24. The molecule has 0 bridgehead atoms. The Hall–Kier alpha value is -2.39. The van der Waals surface area contributed by atoms with Gasteiger partial charge >= 0.3 is 0 Å². The van der Waals surface area contributed by atoms with Gasteiger partial charge in [0, 0.05) is 31.5 Å². The maximum atomic E-state index is 12.2. The molecule has 1 aliphatic carbocycles. The van der Waals surface area contributed by atoms with Gasteiger partial charge in [-0.05, 0) is 47.0 Å². The molecule has 0 unspecified atom stereocenters. The van der Waals surface area contributed by atoms with Crippen molar-refractivity contribution in [2.75, 3.05) is 38.0 Å². The second-order valence-electron chi connectivity index (χ2n) is 7.16. The van der Waals surface area contributed by atoms with Gasteiger partial charge in [-0.15, -0.1) is 0 Å². The van der Waals surface area contributed by atoms with Crippen LogP contribution in [0.25, 0.3) is 0 Å². The van der Waals surface area contributed by atoms with E-state index in [1.807, 2.05) is 0 Å². The van der Waals surface area contributed by atoms with Crippen LogP contribution in [0.5, 0.6) is 5.75 Å². The molecule has 0 aliphatic heterocycles. The Morgan fingerprint density at radius 1 is 1.23 bits per heavy atom. The van der Waals surface area contributed by atoms with Crippen LogP contribution in [-0.4, -0.2) is 49.3 Å². The van der Waals surface area contributed by atoms with Gasteiger partial charge in [-0.3, -0.25) is 4.79 Å². The first-order valence-corrected chi connectivity index (χ1v) is 10.9. The standard InChI is InChI=1S/C21H28BrN5O3/c1-29-11-10-23-20(28)14-8-9-17(18(12-14)30-2)26-21-24-13-16(22)19(27-21)25-15-6-4-3-5-7-15/h8-9,12-13,15H,3-7,10-11H2,1-2H3,(H,23,28)(H2,24,25,26,27). The van der Waals surface area contributed by atoms with Crippen molar-refractivity contribution in [3.05, 3.63) is 34.4 Å². The molecule has 162 valence electrons. The molecule has 1 saturated carbocycles.